The van der Waals surface area contributed by atoms with Gasteiger partial charge in [0.2, 0.25) is 10.0 Å². The first-order valence-corrected chi connectivity index (χ1v) is 12.5. The van der Waals surface area contributed by atoms with Crippen molar-refractivity contribution >= 4 is 21.6 Å². The molecule has 3 rings (SSSR count). The van der Waals surface area contributed by atoms with Crippen molar-refractivity contribution in [3.8, 4) is 0 Å². The zero-order valence-electron chi connectivity index (χ0n) is 18.7. The molecule has 1 saturated heterocycles. The standard InChI is InChI=1S/C24H33N3O3S/c1-4-26(5-2)22-13-10-20(11-14-22)18-25-24(28)21-12-9-19(3)23(17-21)31(29,30)27-15-7-6-8-16-27/h9-14,17H,4-8,15-16,18H2,1-3H3,(H,25,28). The third-order valence-electron chi connectivity index (χ3n) is 5.90. The minimum absolute atomic E-state index is 0.227. The van der Waals surface area contributed by atoms with E-state index in [1.165, 1.54) is 10.4 Å². The first-order chi connectivity index (χ1) is 14.9. The van der Waals surface area contributed by atoms with Crippen LogP contribution >= 0.6 is 0 Å². The quantitative estimate of drug-likeness (QED) is 0.671. The average molecular weight is 444 g/mol. The molecule has 0 radical (unpaired) electrons. The number of hydrogen-bond donors (Lipinski definition) is 1. The number of hydrogen-bond acceptors (Lipinski definition) is 4. The fourth-order valence-electron chi connectivity index (χ4n) is 3.96. The summed E-state index contributed by atoms with van der Waals surface area (Å²) in [7, 11) is -3.59. The summed E-state index contributed by atoms with van der Waals surface area (Å²) in [5.41, 5.74) is 3.18. The molecule has 7 heteroatoms. The molecule has 1 heterocycles. The maximum atomic E-state index is 13.1. The van der Waals surface area contributed by atoms with Crippen LogP contribution in [0.15, 0.2) is 47.4 Å². The summed E-state index contributed by atoms with van der Waals surface area (Å²) in [5, 5.41) is 2.91. The van der Waals surface area contributed by atoms with Gasteiger partial charge in [-0.05, 0) is 69.0 Å². The Labute approximate surface area is 186 Å². The molecule has 1 aliphatic heterocycles. The molecule has 1 fully saturated rings. The Bertz CT molecular complexity index is 993. The van der Waals surface area contributed by atoms with Crippen molar-refractivity contribution in [3.05, 3.63) is 59.2 Å². The number of amides is 1. The second kappa shape index (κ2) is 10.3. The number of rotatable bonds is 8. The van der Waals surface area contributed by atoms with E-state index < -0.39 is 10.0 Å². The van der Waals surface area contributed by atoms with Crippen LogP contribution in [0.4, 0.5) is 5.69 Å². The fraction of sp³-hybridized carbons (Fsp3) is 0.458. The van der Waals surface area contributed by atoms with E-state index in [0.29, 0.717) is 30.8 Å². The molecular formula is C24H33N3O3S. The average Bonchev–Trinajstić information content (AvgIpc) is 2.80. The number of anilines is 1. The topological polar surface area (TPSA) is 69.7 Å². The van der Waals surface area contributed by atoms with Crippen LogP contribution in [0.5, 0.6) is 0 Å². The maximum Gasteiger partial charge on any atom is 0.251 e. The van der Waals surface area contributed by atoms with Gasteiger partial charge in [-0.3, -0.25) is 4.79 Å². The molecule has 6 nitrogen and oxygen atoms in total. The van der Waals surface area contributed by atoms with Crippen molar-refractivity contribution in [2.45, 2.75) is 51.5 Å². The van der Waals surface area contributed by atoms with Crippen molar-refractivity contribution < 1.29 is 13.2 Å². The second-order valence-corrected chi connectivity index (χ2v) is 9.87. The summed E-state index contributed by atoms with van der Waals surface area (Å²) in [5.74, 6) is -0.275. The van der Waals surface area contributed by atoms with Gasteiger partial charge >= 0.3 is 0 Å². The third-order valence-corrected chi connectivity index (χ3v) is 7.94. The van der Waals surface area contributed by atoms with Gasteiger partial charge in [0.1, 0.15) is 0 Å². The van der Waals surface area contributed by atoms with E-state index in [4.69, 9.17) is 0 Å². The highest BCUT2D eigenvalue weighted by atomic mass is 32.2. The van der Waals surface area contributed by atoms with Gasteiger partial charge in [0.05, 0.1) is 4.90 Å². The highest BCUT2D eigenvalue weighted by molar-refractivity contribution is 7.89. The summed E-state index contributed by atoms with van der Waals surface area (Å²) in [6, 6.07) is 13.0. The predicted octanol–water partition coefficient (Wildman–Crippen LogP) is 3.95. The highest BCUT2D eigenvalue weighted by Crippen LogP contribution is 2.24. The molecule has 0 saturated carbocycles. The van der Waals surface area contributed by atoms with Crippen molar-refractivity contribution in [1.29, 1.82) is 0 Å². The zero-order chi connectivity index (χ0) is 22.4. The van der Waals surface area contributed by atoms with Crippen LogP contribution in [-0.2, 0) is 16.6 Å². The Balaban J connectivity index is 1.70. The van der Waals surface area contributed by atoms with Crippen LogP contribution < -0.4 is 10.2 Å². The lowest BCUT2D eigenvalue weighted by Gasteiger charge is -2.26. The van der Waals surface area contributed by atoms with Crippen molar-refractivity contribution in [1.82, 2.24) is 9.62 Å². The lowest BCUT2D eigenvalue weighted by Crippen LogP contribution is -2.36. The largest absolute Gasteiger partial charge is 0.372 e. The molecule has 31 heavy (non-hydrogen) atoms. The minimum atomic E-state index is -3.59. The molecule has 0 aliphatic carbocycles. The molecule has 2 aromatic rings. The molecule has 0 aromatic heterocycles. The maximum absolute atomic E-state index is 13.1. The molecule has 168 valence electrons. The molecule has 1 amide bonds. The summed E-state index contributed by atoms with van der Waals surface area (Å²) in [4.78, 5) is 15.2. The molecule has 2 aromatic carbocycles. The van der Waals surface area contributed by atoms with Gasteiger partial charge in [0.25, 0.3) is 5.91 Å². The van der Waals surface area contributed by atoms with E-state index >= 15 is 0 Å². The number of benzene rings is 2. The number of carbonyl (C=O) groups excluding carboxylic acids is 1. The molecule has 1 aliphatic rings. The Morgan fingerprint density at radius 1 is 1.00 bits per heavy atom. The smallest absolute Gasteiger partial charge is 0.251 e. The highest BCUT2D eigenvalue weighted by Gasteiger charge is 2.28. The van der Waals surface area contributed by atoms with Crippen LogP contribution in [0, 0.1) is 6.92 Å². The van der Waals surface area contributed by atoms with E-state index in [1.54, 1.807) is 19.1 Å². The normalized spacial score (nSPS) is 14.9. The minimum Gasteiger partial charge on any atom is -0.372 e. The summed E-state index contributed by atoms with van der Waals surface area (Å²) in [6.07, 6.45) is 2.82. The van der Waals surface area contributed by atoms with Crippen LogP contribution in [0.3, 0.4) is 0 Å². The number of nitrogens with zero attached hydrogens (tertiary/aromatic N) is 2. The molecule has 1 N–H and O–H groups in total. The summed E-state index contributed by atoms with van der Waals surface area (Å²) < 4.78 is 27.7. The van der Waals surface area contributed by atoms with Gasteiger partial charge in [-0.25, -0.2) is 8.42 Å². The van der Waals surface area contributed by atoms with Gasteiger partial charge in [-0.2, -0.15) is 4.31 Å². The predicted molar refractivity (Wildman–Crippen MR) is 125 cm³/mol. The number of aryl methyl sites for hydroxylation is 1. The number of piperidine rings is 1. The lowest BCUT2D eigenvalue weighted by atomic mass is 10.1. The van der Waals surface area contributed by atoms with Gasteiger partial charge < -0.3 is 10.2 Å². The zero-order valence-corrected chi connectivity index (χ0v) is 19.5. The summed E-state index contributed by atoms with van der Waals surface area (Å²) in [6.45, 7) is 9.39. The monoisotopic (exact) mass is 443 g/mol. The number of carbonyl (C=O) groups is 1. The van der Waals surface area contributed by atoms with Gasteiger partial charge in [0.15, 0.2) is 0 Å². The Morgan fingerprint density at radius 3 is 2.26 bits per heavy atom. The Kier molecular flexibility index (Phi) is 7.73. The van der Waals surface area contributed by atoms with Crippen LogP contribution in [0.2, 0.25) is 0 Å². The number of nitrogens with one attached hydrogen (secondary N) is 1. The van der Waals surface area contributed by atoms with E-state index in [0.717, 1.165) is 43.6 Å². The van der Waals surface area contributed by atoms with Crippen molar-refractivity contribution in [2.24, 2.45) is 0 Å². The van der Waals surface area contributed by atoms with Crippen molar-refractivity contribution in [2.75, 3.05) is 31.1 Å². The molecule has 0 unspecified atom stereocenters. The van der Waals surface area contributed by atoms with Crippen LogP contribution in [-0.4, -0.2) is 44.8 Å². The summed E-state index contributed by atoms with van der Waals surface area (Å²) >= 11 is 0. The van der Waals surface area contributed by atoms with Crippen LogP contribution in [0.1, 0.15) is 54.6 Å². The molecule has 0 spiro atoms. The number of sulfonamides is 1. The molecule has 0 atom stereocenters. The second-order valence-electron chi connectivity index (χ2n) is 7.97. The van der Waals surface area contributed by atoms with Crippen molar-refractivity contribution in [3.63, 3.8) is 0 Å². The Hall–Kier alpha value is -2.38. The SMILES string of the molecule is CCN(CC)c1ccc(CNC(=O)c2ccc(C)c(S(=O)(=O)N3CCCCC3)c2)cc1. The first kappa shape index (κ1) is 23.3. The van der Waals surface area contributed by atoms with Gasteiger partial charge in [-0.15, -0.1) is 0 Å². The molecule has 0 bridgehead atoms. The van der Waals surface area contributed by atoms with Gasteiger partial charge in [0, 0.05) is 44.0 Å². The van der Waals surface area contributed by atoms with E-state index in [9.17, 15) is 13.2 Å². The lowest BCUT2D eigenvalue weighted by molar-refractivity contribution is 0.0950. The third kappa shape index (κ3) is 5.46. The van der Waals surface area contributed by atoms with E-state index in [1.807, 2.05) is 12.1 Å². The fourth-order valence-corrected chi connectivity index (χ4v) is 5.73. The molecular weight excluding hydrogens is 410 g/mol. The first-order valence-electron chi connectivity index (χ1n) is 11.1. The Morgan fingerprint density at radius 2 is 1.65 bits per heavy atom. The van der Waals surface area contributed by atoms with E-state index in [-0.39, 0.29) is 10.8 Å². The van der Waals surface area contributed by atoms with Gasteiger partial charge in [-0.1, -0.05) is 24.6 Å². The van der Waals surface area contributed by atoms with Crippen LogP contribution in [0.25, 0.3) is 0 Å². The van der Waals surface area contributed by atoms with E-state index in [2.05, 4.69) is 36.2 Å².